The van der Waals surface area contributed by atoms with E-state index in [2.05, 4.69) is 20.2 Å². The van der Waals surface area contributed by atoms with Gasteiger partial charge in [-0.05, 0) is 20.4 Å². The molecule has 0 aliphatic heterocycles. The Labute approximate surface area is 123 Å². The second-order valence-electron chi connectivity index (χ2n) is 4.47. The number of aromatic nitrogens is 2. The molecule has 2 N–H and O–H groups in total. The van der Waals surface area contributed by atoms with Gasteiger partial charge >= 0.3 is 0 Å². The molecule has 0 fully saturated rings. The van der Waals surface area contributed by atoms with Crippen molar-refractivity contribution in [1.82, 2.24) is 20.2 Å². The zero-order valence-corrected chi connectivity index (χ0v) is 13.0. The summed E-state index contributed by atoms with van der Waals surface area (Å²) < 4.78 is 37.2. The molecule has 0 aliphatic rings. The summed E-state index contributed by atoms with van der Waals surface area (Å²) in [6.07, 6.45) is 0. The molecule has 2 rings (SSSR count). The van der Waals surface area contributed by atoms with Crippen LogP contribution in [0.25, 0.3) is 0 Å². The SMILES string of the molecule is CCNCc1cc(S(=O)(=O)NCc2nc(C)no2)c(C)o1. The van der Waals surface area contributed by atoms with E-state index in [0.717, 1.165) is 6.54 Å². The number of rotatable bonds is 7. The predicted molar refractivity (Wildman–Crippen MR) is 73.9 cm³/mol. The fraction of sp³-hybridized carbons (Fsp3) is 0.500. The van der Waals surface area contributed by atoms with Crippen molar-refractivity contribution in [3.63, 3.8) is 0 Å². The van der Waals surface area contributed by atoms with Crippen molar-refractivity contribution in [2.45, 2.75) is 38.8 Å². The Morgan fingerprint density at radius 2 is 2.05 bits per heavy atom. The molecule has 0 amide bonds. The molecule has 0 saturated heterocycles. The summed E-state index contributed by atoms with van der Waals surface area (Å²) in [5.74, 6) is 1.59. The Morgan fingerprint density at radius 3 is 2.67 bits per heavy atom. The molecule has 9 heteroatoms. The Kier molecular flexibility index (Phi) is 4.76. The third-order valence-electron chi connectivity index (χ3n) is 2.75. The van der Waals surface area contributed by atoms with Crippen molar-refractivity contribution in [2.24, 2.45) is 0 Å². The van der Waals surface area contributed by atoms with Gasteiger partial charge in [0, 0.05) is 6.07 Å². The van der Waals surface area contributed by atoms with E-state index >= 15 is 0 Å². The van der Waals surface area contributed by atoms with E-state index in [9.17, 15) is 8.42 Å². The summed E-state index contributed by atoms with van der Waals surface area (Å²) in [5, 5.41) is 6.67. The van der Waals surface area contributed by atoms with Crippen molar-refractivity contribution < 1.29 is 17.4 Å². The van der Waals surface area contributed by atoms with E-state index in [-0.39, 0.29) is 17.3 Å². The normalized spacial score (nSPS) is 12.0. The van der Waals surface area contributed by atoms with Gasteiger partial charge in [-0.1, -0.05) is 12.1 Å². The van der Waals surface area contributed by atoms with Crippen LogP contribution in [-0.2, 0) is 23.1 Å². The first-order valence-corrected chi connectivity index (χ1v) is 7.99. The first kappa shape index (κ1) is 15.7. The van der Waals surface area contributed by atoms with E-state index in [0.29, 0.717) is 23.9 Å². The summed E-state index contributed by atoms with van der Waals surface area (Å²) in [5.41, 5.74) is 0. The molecule has 0 spiro atoms. The fourth-order valence-corrected chi connectivity index (χ4v) is 2.95. The minimum atomic E-state index is -3.68. The second kappa shape index (κ2) is 6.37. The highest BCUT2D eigenvalue weighted by atomic mass is 32.2. The Bertz CT molecular complexity index is 705. The van der Waals surface area contributed by atoms with Gasteiger partial charge in [0.05, 0.1) is 13.1 Å². The molecule has 116 valence electrons. The Morgan fingerprint density at radius 1 is 1.29 bits per heavy atom. The lowest BCUT2D eigenvalue weighted by molar-refractivity contribution is 0.372. The molecule has 2 aromatic heterocycles. The smallest absolute Gasteiger partial charge is 0.244 e. The van der Waals surface area contributed by atoms with E-state index < -0.39 is 10.0 Å². The summed E-state index contributed by atoms with van der Waals surface area (Å²) in [7, 11) is -3.68. The summed E-state index contributed by atoms with van der Waals surface area (Å²) in [4.78, 5) is 4.05. The summed E-state index contributed by atoms with van der Waals surface area (Å²) in [6, 6.07) is 1.51. The first-order valence-electron chi connectivity index (χ1n) is 6.51. The quantitative estimate of drug-likeness (QED) is 0.780. The van der Waals surface area contributed by atoms with Crippen LogP contribution in [0.1, 0.15) is 30.2 Å². The van der Waals surface area contributed by atoms with Gasteiger partial charge in [-0.2, -0.15) is 4.98 Å². The monoisotopic (exact) mass is 314 g/mol. The van der Waals surface area contributed by atoms with Crippen molar-refractivity contribution in [1.29, 1.82) is 0 Å². The standard InChI is InChI=1S/C12H18N4O4S/c1-4-13-6-10-5-11(8(2)19-10)21(17,18)14-7-12-15-9(3)16-20-12/h5,13-14H,4,6-7H2,1-3H3. The lowest BCUT2D eigenvalue weighted by Gasteiger charge is -2.02. The third-order valence-corrected chi connectivity index (χ3v) is 4.25. The number of sulfonamides is 1. The maximum atomic E-state index is 12.2. The van der Waals surface area contributed by atoms with Gasteiger partial charge in [0.1, 0.15) is 16.4 Å². The van der Waals surface area contributed by atoms with Crippen molar-refractivity contribution in [2.75, 3.05) is 6.54 Å². The molecule has 2 aromatic rings. The molecular weight excluding hydrogens is 296 g/mol. The molecule has 0 atom stereocenters. The third kappa shape index (κ3) is 3.90. The molecule has 0 bridgehead atoms. The minimum Gasteiger partial charge on any atom is -0.464 e. The van der Waals surface area contributed by atoms with Crippen molar-refractivity contribution >= 4 is 10.0 Å². The van der Waals surface area contributed by atoms with Crippen LogP contribution in [0.2, 0.25) is 0 Å². The van der Waals surface area contributed by atoms with Crippen LogP contribution < -0.4 is 10.0 Å². The van der Waals surface area contributed by atoms with E-state index in [1.807, 2.05) is 6.92 Å². The number of hydrogen-bond acceptors (Lipinski definition) is 7. The van der Waals surface area contributed by atoms with Crippen LogP contribution in [0.4, 0.5) is 0 Å². The number of furan rings is 1. The first-order chi connectivity index (χ1) is 9.92. The number of hydrogen-bond donors (Lipinski definition) is 2. The van der Waals surface area contributed by atoms with Gasteiger partial charge in [0.15, 0.2) is 5.82 Å². The lowest BCUT2D eigenvalue weighted by Crippen LogP contribution is -2.23. The van der Waals surface area contributed by atoms with Gasteiger partial charge < -0.3 is 14.3 Å². The van der Waals surface area contributed by atoms with Crippen LogP contribution in [0.15, 0.2) is 19.9 Å². The molecule has 21 heavy (non-hydrogen) atoms. The molecule has 0 aliphatic carbocycles. The zero-order valence-electron chi connectivity index (χ0n) is 12.1. The number of aryl methyl sites for hydroxylation is 2. The molecule has 0 radical (unpaired) electrons. The average Bonchev–Trinajstić information content (AvgIpc) is 3.00. The second-order valence-corrected chi connectivity index (χ2v) is 6.21. The van der Waals surface area contributed by atoms with Crippen LogP contribution in [0.5, 0.6) is 0 Å². The minimum absolute atomic E-state index is 0.0592. The molecule has 2 heterocycles. The van der Waals surface area contributed by atoms with Gasteiger partial charge in [-0.25, -0.2) is 13.1 Å². The van der Waals surface area contributed by atoms with Crippen LogP contribution in [-0.4, -0.2) is 25.1 Å². The van der Waals surface area contributed by atoms with E-state index in [1.165, 1.54) is 6.07 Å². The number of nitrogens with zero attached hydrogens (tertiary/aromatic N) is 2. The maximum Gasteiger partial charge on any atom is 0.244 e. The van der Waals surface area contributed by atoms with Crippen LogP contribution >= 0.6 is 0 Å². The highest BCUT2D eigenvalue weighted by Crippen LogP contribution is 2.20. The van der Waals surface area contributed by atoms with Crippen molar-refractivity contribution in [3.05, 3.63) is 29.3 Å². The van der Waals surface area contributed by atoms with Gasteiger partial charge in [0.2, 0.25) is 15.9 Å². The van der Waals surface area contributed by atoms with E-state index in [4.69, 9.17) is 8.94 Å². The molecule has 0 saturated carbocycles. The average molecular weight is 314 g/mol. The molecule has 0 aromatic carbocycles. The zero-order chi connectivity index (χ0) is 15.5. The van der Waals surface area contributed by atoms with Crippen LogP contribution in [0.3, 0.4) is 0 Å². The van der Waals surface area contributed by atoms with Crippen molar-refractivity contribution in [3.8, 4) is 0 Å². The van der Waals surface area contributed by atoms with Gasteiger partial charge in [0.25, 0.3) is 0 Å². The largest absolute Gasteiger partial charge is 0.464 e. The summed E-state index contributed by atoms with van der Waals surface area (Å²) >= 11 is 0. The molecular formula is C12H18N4O4S. The fourth-order valence-electron chi connectivity index (χ4n) is 1.77. The van der Waals surface area contributed by atoms with E-state index in [1.54, 1.807) is 13.8 Å². The summed E-state index contributed by atoms with van der Waals surface area (Å²) in [6.45, 7) is 6.43. The van der Waals surface area contributed by atoms with Gasteiger partial charge in [-0.15, -0.1) is 0 Å². The predicted octanol–water partition coefficient (Wildman–Crippen LogP) is 0.867. The van der Waals surface area contributed by atoms with Crippen LogP contribution in [0, 0.1) is 13.8 Å². The van der Waals surface area contributed by atoms with Gasteiger partial charge in [-0.3, -0.25) is 0 Å². The highest BCUT2D eigenvalue weighted by Gasteiger charge is 2.22. The highest BCUT2D eigenvalue weighted by molar-refractivity contribution is 7.89. The lowest BCUT2D eigenvalue weighted by atomic mass is 10.4. The number of nitrogens with one attached hydrogen (secondary N) is 2. The Balaban J connectivity index is 2.09. The molecule has 0 unspecified atom stereocenters. The Hall–Kier alpha value is -1.71. The molecule has 8 nitrogen and oxygen atoms in total. The topological polar surface area (TPSA) is 110 Å². The maximum absolute atomic E-state index is 12.2.